The number of fused-ring (bicyclic) bond motifs is 1. The Balaban J connectivity index is 1.54. The number of nitrogens with zero attached hydrogens (tertiary/aromatic N) is 3. The summed E-state index contributed by atoms with van der Waals surface area (Å²) in [5.74, 6) is 1.13. The Labute approximate surface area is 168 Å². The van der Waals surface area contributed by atoms with Crippen molar-refractivity contribution in [2.45, 2.75) is 18.6 Å². The molecule has 1 aromatic carbocycles. The smallest absolute Gasteiger partial charge is 0.242 e. The molecule has 5 nitrogen and oxygen atoms in total. The molecule has 1 aliphatic rings. The van der Waals surface area contributed by atoms with Crippen molar-refractivity contribution in [3.05, 3.63) is 89.4 Å². The lowest BCUT2D eigenvalue weighted by Crippen LogP contribution is -2.32. The molecule has 1 atom stereocenters. The van der Waals surface area contributed by atoms with Gasteiger partial charge >= 0.3 is 0 Å². The summed E-state index contributed by atoms with van der Waals surface area (Å²) in [5, 5.41) is 0. The van der Waals surface area contributed by atoms with Crippen molar-refractivity contribution in [2.24, 2.45) is 5.92 Å². The summed E-state index contributed by atoms with van der Waals surface area (Å²) < 4.78 is 1.70. The van der Waals surface area contributed by atoms with Crippen molar-refractivity contribution in [3.8, 4) is 0 Å². The fourth-order valence-corrected chi connectivity index (χ4v) is 4.31. The van der Waals surface area contributed by atoms with E-state index in [1.807, 2.05) is 54.6 Å². The molecule has 0 saturated carbocycles. The number of aromatic nitrogens is 2. The lowest BCUT2D eigenvalue weighted by atomic mass is 10.1. The number of benzene rings is 1. The predicted molar refractivity (Wildman–Crippen MR) is 110 cm³/mol. The summed E-state index contributed by atoms with van der Waals surface area (Å²) in [6.07, 6.45) is 5.23. The van der Waals surface area contributed by atoms with Gasteiger partial charge in [-0.05, 0) is 47.7 Å². The molecule has 1 amide bonds. The molecule has 0 aliphatic heterocycles. The van der Waals surface area contributed by atoms with Gasteiger partial charge < -0.3 is 0 Å². The Bertz CT molecular complexity index is 980. The summed E-state index contributed by atoms with van der Waals surface area (Å²) in [6, 6.07) is 17.5. The quantitative estimate of drug-likeness (QED) is 0.473. The topological polar surface area (TPSA) is 63.2 Å². The highest BCUT2D eigenvalue weighted by molar-refractivity contribution is 8.00. The van der Waals surface area contributed by atoms with Crippen LogP contribution in [0.3, 0.4) is 0 Å². The van der Waals surface area contributed by atoms with Crippen molar-refractivity contribution in [1.82, 2.24) is 9.97 Å². The van der Waals surface area contributed by atoms with Gasteiger partial charge in [0.2, 0.25) is 5.91 Å². The maximum absolute atomic E-state index is 13.4. The van der Waals surface area contributed by atoms with Crippen LogP contribution >= 0.6 is 11.9 Å². The highest BCUT2D eigenvalue weighted by atomic mass is 32.2. The Morgan fingerprint density at radius 2 is 1.93 bits per heavy atom. The van der Waals surface area contributed by atoms with E-state index in [1.54, 1.807) is 16.7 Å². The fourth-order valence-electron chi connectivity index (χ4n) is 3.32. The maximum Gasteiger partial charge on any atom is 0.242 e. The highest BCUT2D eigenvalue weighted by Crippen LogP contribution is 2.32. The molecule has 0 fully saturated rings. The zero-order chi connectivity index (χ0) is 19.3. The Hall–Kier alpha value is -2.99. The predicted octanol–water partition coefficient (Wildman–Crippen LogP) is 3.89. The minimum absolute atomic E-state index is 0.0188. The Morgan fingerprint density at radius 1 is 1.11 bits per heavy atom. The van der Waals surface area contributed by atoms with Crippen LogP contribution in [0.5, 0.6) is 0 Å². The van der Waals surface area contributed by atoms with Crippen LogP contribution in [0.25, 0.3) is 0 Å². The van der Waals surface area contributed by atoms with Crippen LogP contribution in [0.2, 0.25) is 0 Å². The lowest BCUT2D eigenvalue weighted by Gasteiger charge is -2.23. The SMILES string of the molecule is O=Cc1cnc2c(c1)CC(C(=O)N(SCc1ccccc1)c1ccccn1)C2. The van der Waals surface area contributed by atoms with Crippen LogP contribution in [-0.2, 0) is 23.4 Å². The average Bonchev–Trinajstić information content (AvgIpc) is 3.18. The van der Waals surface area contributed by atoms with Gasteiger partial charge in [-0.25, -0.2) is 9.29 Å². The van der Waals surface area contributed by atoms with E-state index < -0.39 is 0 Å². The average molecular weight is 389 g/mol. The van der Waals surface area contributed by atoms with Gasteiger partial charge in [0.15, 0.2) is 6.29 Å². The molecule has 0 saturated heterocycles. The van der Waals surface area contributed by atoms with Gasteiger partial charge in [-0.1, -0.05) is 36.4 Å². The first-order valence-corrected chi connectivity index (χ1v) is 10.0. The summed E-state index contributed by atoms with van der Waals surface area (Å²) >= 11 is 1.45. The molecule has 0 spiro atoms. The minimum atomic E-state index is -0.199. The molecule has 4 rings (SSSR count). The number of rotatable bonds is 6. The van der Waals surface area contributed by atoms with E-state index in [2.05, 4.69) is 9.97 Å². The molecule has 2 heterocycles. The Kier molecular flexibility index (Phi) is 5.48. The molecule has 140 valence electrons. The third kappa shape index (κ3) is 3.97. The summed E-state index contributed by atoms with van der Waals surface area (Å²) in [4.78, 5) is 33.1. The fraction of sp³-hybridized carbons (Fsp3) is 0.182. The van der Waals surface area contributed by atoms with Gasteiger partial charge in [-0.15, -0.1) is 0 Å². The van der Waals surface area contributed by atoms with Gasteiger partial charge in [-0.2, -0.15) is 0 Å². The van der Waals surface area contributed by atoms with E-state index in [1.165, 1.54) is 11.9 Å². The standard InChI is InChI=1S/C22H19N3O2S/c26-14-17-10-18-11-19(12-20(18)24-13-17)22(27)25(21-8-4-5-9-23-21)28-15-16-6-2-1-3-7-16/h1-10,13-14,19H,11-12,15H2. The second-order valence-corrected chi connectivity index (χ2v) is 7.59. The molecule has 6 heteroatoms. The maximum atomic E-state index is 13.4. The number of anilines is 1. The van der Waals surface area contributed by atoms with Crippen molar-refractivity contribution in [3.63, 3.8) is 0 Å². The normalized spacial score (nSPS) is 15.1. The molecular weight excluding hydrogens is 370 g/mol. The van der Waals surface area contributed by atoms with E-state index in [4.69, 9.17) is 0 Å². The zero-order valence-electron chi connectivity index (χ0n) is 15.2. The first-order valence-electron chi connectivity index (χ1n) is 9.09. The highest BCUT2D eigenvalue weighted by Gasteiger charge is 2.33. The lowest BCUT2D eigenvalue weighted by molar-refractivity contribution is -0.120. The second kappa shape index (κ2) is 8.35. The first kappa shape index (κ1) is 18.4. The molecule has 0 bridgehead atoms. The van der Waals surface area contributed by atoms with E-state index in [0.29, 0.717) is 30.0 Å². The van der Waals surface area contributed by atoms with Crippen LogP contribution in [0, 0.1) is 5.92 Å². The third-order valence-electron chi connectivity index (χ3n) is 4.73. The van der Waals surface area contributed by atoms with Gasteiger partial charge in [0, 0.05) is 41.7 Å². The van der Waals surface area contributed by atoms with Gasteiger partial charge in [0.25, 0.3) is 0 Å². The summed E-state index contributed by atoms with van der Waals surface area (Å²) in [6.45, 7) is 0. The number of carbonyl (C=O) groups excluding carboxylic acids is 2. The number of hydrogen-bond acceptors (Lipinski definition) is 5. The molecule has 0 radical (unpaired) electrons. The van der Waals surface area contributed by atoms with Crippen LogP contribution < -0.4 is 4.31 Å². The van der Waals surface area contributed by atoms with Gasteiger partial charge in [-0.3, -0.25) is 14.6 Å². The first-order chi connectivity index (χ1) is 13.7. The number of aldehydes is 1. The number of amides is 1. The minimum Gasteiger partial charge on any atom is -0.298 e. The van der Waals surface area contributed by atoms with Crippen LogP contribution in [0.1, 0.15) is 27.2 Å². The molecule has 3 aromatic rings. The largest absolute Gasteiger partial charge is 0.298 e. The molecule has 2 aromatic heterocycles. The number of carbonyl (C=O) groups is 2. The second-order valence-electron chi connectivity index (χ2n) is 6.68. The monoisotopic (exact) mass is 389 g/mol. The molecule has 1 unspecified atom stereocenters. The molecular formula is C22H19N3O2S. The van der Waals surface area contributed by atoms with E-state index in [9.17, 15) is 9.59 Å². The van der Waals surface area contributed by atoms with E-state index in [-0.39, 0.29) is 11.8 Å². The molecule has 0 N–H and O–H groups in total. The van der Waals surface area contributed by atoms with Gasteiger partial charge in [0.05, 0.1) is 0 Å². The number of pyridine rings is 2. The molecule has 28 heavy (non-hydrogen) atoms. The Morgan fingerprint density at radius 3 is 2.68 bits per heavy atom. The zero-order valence-corrected chi connectivity index (χ0v) is 16.0. The summed E-state index contributed by atoms with van der Waals surface area (Å²) in [5.41, 5.74) is 3.58. The molecule has 1 aliphatic carbocycles. The van der Waals surface area contributed by atoms with Crippen molar-refractivity contribution >= 4 is 30.0 Å². The van der Waals surface area contributed by atoms with E-state index in [0.717, 1.165) is 23.1 Å². The van der Waals surface area contributed by atoms with Crippen molar-refractivity contribution < 1.29 is 9.59 Å². The van der Waals surface area contributed by atoms with E-state index >= 15 is 0 Å². The number of hydrogen-bond donors (Lipinski definition) is 0. The van der Waals surface area contributed by atoms with Crippen LogP contribution in [0.15, 0.2) is 67.0 Å². The van der Waals surface area contributed by atoms with Gasteiger partial charge in [0.1, 0.15) is 5.82 Å². The third-order valence-corrected chi connectivity index (χ3v) is 5.82. The van der Waals surface area contributed by atoms with Crippen LogP contribution in [-0.4, -0.2) is 22.2 Å². The van der Waals surface area contributed by atoms with Crippen molar-refractivity contribution in [1.29, 1.82) is 0 Å². The van der Waals surface area contributed by atoms with Crippen molar-refractivity contribution in [2.75, 3.05) is 4.31 Å². The summed E-state index contributed by atoms with van der Waals surface area (Å²) in [7, 11) is 0. The van der Waals surface area contributed by atoms with Crippen LogP contribution in [0.4, 0.5) is 5.82 Å².